The van der Waals surface area contributed by atoms with Gasteiger partial charge in [0.1, 0.15) is 16.5 Å². The third-order valence-electron chi connectivity index (χ3n) is 7.91. The second kappa shape index (κ2) is 6.70. The number of halogens is 6. The van der Waals surface area contributed by atoms with Gasteiger partial charge in [-0.05, 0) is 56.2 Å². The summed E-state index contributed by atoms with van der Waals surface area (Å²) < 4.78 is 80.3. The zero-order valence-electron chi connectivity index (χ0n) is 19.3. The van der Waals surface area contributed by atoms with Crippen molar-refractivity contribution in [2.24, 2.45) is 0 Å². The van der Waals surface area contributed by atoms with Crippen molar-refractivity contribution in [2.45, 2.75) is 53.9 Å². The Labute approximate surface area is 206 Å². The van der Waals surface area contributed by atoms with Crippen molar-refractivity contribution in [3.05, 3.63) is 47.2 Å². The van der Waals surface area contributed by atoms with Gasteiger partial charge in [-0.25, -0.2) is 14.4 Å². The first kappa shape index (κ1) is 24.3. The Hall–Kier alpha value is -3.00. The summed E-state index contributed by atoms with van der Waals surface area (Å²) in [7, 11) is -9.93. The Morgan fingerprint density at radius 2 is 1.78 bits per heavy atom. The van der Waals surface area contributed by atoms with Crippen molar-refractivity contribution in [1.82, 2.24) is 19.9 Å². The fraction of sp³-hybridized carbons (Fsp3) is 0.435. The molecule has 1 saturated heterocycles. The number of amides is 1. The fourth-order valence-electron chi connectivity index (χ4n) is 6.10. The summed E-state index contributed by atoms with van der Waals surface area (Å²) in [6.07, 6.45) is 3.62. The van der Waals surface area contributed by atoms with Gasteiger partial charge in [0.2, 0.25) is 0 Å². The molecule has 14 heteroatoms. The summed E-state index contributed by atoms with van der Waals surface area (Å²) in [5, 5.41) is 10.1. The lowest BCUT2D eigenvalue weighted by Crippen LogP contribution is -2.69. The molecule has 4 aliphatic rings. The average Bonchev–Trinajstić information content (AvgIpc) is 3.18. The fourth-order valence-corrected chi connectivity index (χ4v) is 6.78. The van der Waals surface area contributed by atoms with Crippen LogP contribution in [0.2, 0.25) is 0 Å². The smallest absolute Gasteiger partial charge is 0.310 e. The number of imidazole rings is 1. The number of nitrogens with zero attached hydrogens (tertiary/aromatic N) is 3. The molecule has 0 radical (unpaired) electrons. The molecule has 2 aromatic heterocycles. The number of anilines is 1. The van der Waals surface area contributed by atoms with Crippen LogP contribution >= 0.6 is 10.2 Å². The average molecular weight is 548 g/mol. The molecule has 3 aliphatic carbocycles. The van der Waals surface area contributed by atoms with E-state index in [0.717, 1.165) is 6.20 Å². The highest BCUT2D eigenvalue weighted by atomic mass is 32.5. The van der Waals surface area contributed by atoms with Crippen molar-refractivity contribution in [1.29, 1.82) is 0 Å². The number of nitrogen functional groups attached to an aromatic ring is 1. The number of carbonyl (C=O) groups excluding carboxylic acids is 1. The van der Waals surface area contributed by atoms with Crippen LogP contribution in [0, 0.1) is 5.82 Å². The Kier molecular flexibility index (Phi) is 4.41. The number of pyridine rings is 1. The lowest BCUT2D eigenvalue weighted by atomic mass is 9.41. The minimum Gasteiger partial charge on any atom is -0.398 e. The van der Waals surface area contributed by atoms with Crippen LogP contribution in [0.3, 0.4) is 0 Å². The van der Waals surface area contributed by atoms with E-state index in [9.17, 15) is 33.7 Å². The van der Waals surface area contributed by atoms with E-state index in [4.69, 9.17) is 5.73 Å². The van der Waals surface area contributed by atoms with Gasteiger partial charge in [-0.3, -0.25) is 4.79 Å². The summed E-state index contributed by atoms with van der Waals surface area (Å²) in [5.74, 6) is -0.807. The predicted molar refractivity (Wildman–Crippen MR) is 124 cm³/mol. The number of carbonyl (C=O) groups is 1. The second-order valence-electron chi connectivity index (χ2n) is 10.6. The normalized spacial score (nSPS) is 27.8. The maximum absolute atomic E-state index is 14.9. The molecule has 2 bridgehead atoms. The van der Waals surface area contributed by atoms with Gasteiger partial charge in [0.05, 0.1) is 22.9 Å². The zero-order valence-corrected chi connectivity index (χ0v) is 20.1. The number of hydrogen-bond acceptors (Lipinski definition) is 5. The van der Waals surface area contributed by atoms with Gasteiger partial charge in [-0.1, -0.05) is 19.4 Å². The molecular weight excluding hydrogens is 524 g/mol. The van der Waals surface area contributed by atoms with Crippen molar-refractivity contribution in [3.63, 3.8) is 0 Å². The molecule has 3 aromatic rings. The van der Waals surface area contributed by atoms with Gasteiger partial charge in [-0.2, -0.15) is 0 Å². The standard InChI is InChI=1S/C23H23F6N5O2S/c24-15-8-31-19-18(32-21(33-19)22-9-23(36,10-22)11-22)17(15)12-3-5-34(6-4-12)20(35)14-2-1-13(7-16(14)30)37(25,26,27,28)29/h1-2,7-8,12,36H,3-6,9-11,30H2,(H,31,32,33). The van der Waals surface area contributed by atoms with Crippen LogP contribution in [0.4, 0.5) is 29.5 Å². The highest BCUT2D eigenvalue weighted by Gasteiger charge is 2.69. The largest absolute Gasteiger partial charge is 0.398 e. The molecule has 0 spiro atoms. The van der Waals surface area contributed by atoms with E-state index in [0.29, 0.717) is 60.7 Å². The Morgan fingerprint density at radius 3 is 2.35 bits per heavy atom. The molecule has 4 N–H and O–H groups in total. The molecular formula is C23H23F6N5O2S. The van der Waals surface area contributed by atoms with Gasteiger partial charge < -0.3 is 20.7 Å². The number of aromatic nitrogens is 3. The van der Waals surface area contributed by atoms with Crippen molar-refractivity contribution >= 4 is 33.0 Å². The molecule has 7 nitrogen and oxygen atoms in total. The molecule has 0 atom stereocenters. The van der Waals surface area contributed by atoms with E-state index in [2.05, 4.69) is 15.0 Å². The van der Waals surface area contributed by atoms with Gasteiger partial charge in [0, 0.05) is 29.8 Å². The van der Waals surface area contributed by atoms with Gasteiger partial charge in [0.15, 0.2) is 5.65 Å². The van der Waals surface area contributed by atoms with Crippen molar-refractivity contribution in [2.75, 3.05) is 18.8 Å². The number of hydrogen-bond donors (Lipinski definition) is 3. The van der Waals surface area contributed by atoms with Crippen LogP contribution in [0.5, 0.6) is 0 Å². The number of piperidine rings is 1. The number of nitrogens with one attached hydrogen (secondary N) is 1. The van der Waals surface area contributed by atoms with E-state index in [1.54, 1.807) is 0 Å². The highest BCUT2D eigenvalue weighted by molar-refractivity contribution is 8.45. The van der Waals surface area contributed by atoms with E-state index in [1.165, 1.54) is 4.90 Å². The van der Waals surface area contributed by atoms with Gasteiger partial charge in [-0.15, -0.1) is 0 Å². The minimum atomic E-state index is -9.93. The van der Waals surface area contributed by atoms with Crippen molar-refractivity contribution < 1.29 is 33.7 Å². The van der Waals surface area contributed by atoms with Crippen LogP contribution in [0.1, 0.15) is 59.8 Å². The summed E-state index contributed by atoms with van der Waals surface area (Å²) in [6, 6.07) is 0.920. The topological polar surface area (TPSA) is 108 Å². The monoisotopic (exact) mass is 547 g/mol. The lowest BCUT2D eigenvalue weighted by Gasteiger charge is -2.66. The van der Waals surface area contributed by atoms with Gasteiger partial charge in [0.25, 0.3) is 5.91 Å². The number of aromatic amines is 1. The summed E-state index contributed by atoms with van der Waals surface area (Å²) in [6.45, 7) is 0.320. The molecule has 0 unspecified atom stereocenters. The maximum atomic E-state index is 14.9. The quantitative estimate of drug-likeness (QED) is 0.294. The summed E-state index contributed by atoms with van der Waals surface area (Å²) in [5.41, 5.74) is 4.97. The second-order valence-corrected chi connectivity index (χ2v) is 13.0. The molecule has 37 heavy (non-hydrogen) atoms. The molecule has 4 fully saturated rings. The molecule has 1 aliphatic heterocycles. The van der Waals surface area contributed by atoms with Crippen LogP contribution in [0.15, 0.2) is 29.3 Å². The number of rotatable bonds is 4. The van der Waals surface area contributed by atoms with Gasteiger partial charge >= 0.3 is 10.2 Å². The van der Waals surface area contributed by atoms with E-state index >= 15 is 0 Å². The van der Waals surface area contributed by atoms with Crippen molar-refractivity contribution in [3.8, 4) is 0 Å². The highest BCUT2D eigenvalue weighted by Crippen LogP contribution is 3.02. The first-order valence-electron chi connectivity index (χ1n) is 11.7. The molecule has 3 heterocycles. The number of likely N-dealkylation sites (tertiary alicyclic amines) is 1. The SMILES string of the molecule is Nc1cc(S(F)(F)(F)(F)F)ccc1C(=O)N1CCC(c2c(F)cnc3nc(C45CC(O)(C4)C5)[nH]c23)CC1. The third-order valence-corrected chi connectivity index (χ3v) is 9.05. The van der Waals surface area contributed by atoms with E-state index < -0.39 is 38.1 Å². The number of fused-ring (bicyclic) bond motifs is 1. The number of nitrogens with two attached hydrogens (primary N) is 1. The molecule has 3 saturated carbocycles. The minimum absolute atomic E-state index is 0.0883. The van der Waals surface area contributed by atoms with E-state index in [1.807, 2.05) is 0 Å². The van der Waals surface area contributed by atoms with Crippen LogP contribution in [-0.2, 0) is 5.41 Å². The number of aliphatic hydroxyl groups is 1. The zero-order chi connectivity index (χ0) is 26.7. The third kappa shape index (κ3) is 3.83. The summed E-state index contributed by atoms with van der Waals surface area (Å²) in [4.78, 5) is 24.0. The van der Waals surface area contributed by atoms with E-state index in [-0.39, 0.29) is 42.1 Å². The van der Waals surface area contributed by atoms with Crippen LogP contribution < -0.4 is 5.73 Å². The predicted octanol–water partition coefficient (Wildman–Crippen LogP) is 5.52. The number of benzene rings is 1. The lowest BCUT2D eigenvalue weighted by molar-refractivity contribution is -0.216. The number of H-pyrrole nitrogens is 1. The Morgan fingerprint density at radius 1 is 1.14 bits per heavy atom. The molecule has 200 valence electrons. The first-order chi connectivity index (χ1) is 17.0. The van der Waals surface area contributed by atoms with Crippen LogP contribution in [0.25, 0.3) is 11.2 Å². The maximum Gasteiger partial charge on any atom is 0.310 e. The molecule has 7 rings (SSSR count). The summed E-state index contributed by atoms with van der Waals surface area (Å²) >= 11 is 0. The van der Waals surface area contributed by atoms with Crippen LogP contribution in [-0.4, -0.2) is 49.6 Å². The molecule has 1 amide bonds. The molecule has 1 aromatic carbocycles. The first-order valence-corrected chi connectivity index (χ1v) is 13.6. The Balaban J connectivity index is 1.20. The Bertz CT molecular complexity index is 1460.